The molecule has 1 aromatic rings. The van der Waals surface area contributed by atoms with E-state index < -0.39 is 5.92 Å². The molecule has 2 fully saturated rings. The molecule has 0 saturated carbocycles. The minimum absolute atomic E-state index is 0.00250. The minimum atomic E-state index is -2.50. The summed E-state index contributed by atoms with van der Waals surface area (Å²) in [6.07, 6.45) is 2.29. The first-order chi connectivity index (χ1) is 9.64. The van der Waals surface area contributed by atoms with E-state index in [0.29, 0.717) is 19.0 Å². The van der Waals surface area contributed by atoms with Gasteiger partial charge in [0.25, 0.3) is 5.92 Å². The van der Waals surface area contributed by atoms with Gasteiger partial charge in [0.1, 0.15) is 0 Å². The van der Waals surface area contributed by atoms with Crippen LogP contribution in [-0.2, 0) is 6.54 Å². The van der Waals surface area contributed by atoms with E-state index in [4.69, 9.17) is 0 Å². The summed E-state index contributed by atoms with van der Waals surface area (Å²) in [6.45, 7) is 3.19. The highest BCUT2D eigenvalue weighted by Gasteiger charge is 2.38. The zero-order valence-electron chi connectivity index (χ0n) is 11.7. The van der Waals surface area contributed by atoms with E-state index in [9.17, 15) is 8.78 Å². The van der Waals surface area contributed by atoms with E-state index in [1.54, 1.807) is 0 Å². The smallest absolute Gasteiger partial charge is 0.261 e. The summed E-state index contributed by atoms with van der Waals surface area (Å²) in [5, 5.41) is 3.38. The monoisotopic (exact) mass is 280 g/mol. The normalized spacial score (nSPS) is 24.1. The molecule has 20 heavy (non-hydrogen) atoms. The third kappa shape index (κ3) is 3.18. The lowest BCUT2D eigenvalue weighted by molar-refractivity contribution is 0.0115. The largest absolute Gasteiger partial charge is 0.317 e. The van der Waals surface area contributed by atoms with Gasteiger partial charge in [0, 0.05) is 19.5 Å². The number of nitrogens with zero attached hydrogens (tertiary/aromatic N) is 1. The van der Waals surface area contributed by atoms with Gasteiger partial charge in [0.15, 0.2) is 0 Å². The van der Waals surface area contributed by atoms with Crippen LogP contribution >= 0.6 is 0 Å². The number of hydrogen-bond acceptors (Lipinski definition) is 2. The van der Waals surface area contributed by atoms with Gasteiger partial charge in [0.2, 0.25) is 0 Å². The van der Waals surface area contributed by atoms with Crippen LogP contribution < -0.4 is 5.32 Å². The first kappa shape index (κ1) is 14.0. The fraction of sp³-hybridized carbons (Fsp3) is 0.625. The van der Waals surface area contributed by atoms with Gasteiger partial charge in [-0.15, -0.1) is 0 Å². The summed E-state index contributed by atoms with van der Waals surface area (Å²) in [5.41, 5.74) is 2.60. The Labute approximate surface area is 119 Å². The summed E-state index contributed by atoms with van der Waals surface area (Å²) in [5.74, 6) is -1.92. The molecular formula is C16H22F2N2. The zero-order valence-corrected chi connectivity index (χ0v) is 11.7. The van der Waals surface area contributed by atoms with Crippen molar-refractivity contribution in [1.82, 2.24) is 10.2 Å². The molecule has 0 aliphatic carbocycles. The van der Waals surface area contributed by atoms with Crippen molar-refractivity contribution >= 4 is 0 Å². The van der Waals surface area contributed by atoms with Gasteiger partial charge in [0.05, 0.1) is 6.54 Å². The highest BCUT2D eigenvalue weighted by Crippen LogP contribution is 2.31. The van der Waals surface area contributed by atoms with Gasteiger partial charge in [-0.1, -0.05) is 24.3 Å². The molecule has 0 unspecified atom stereocenters. The molecular weight excluding hydrogens is 258 g/mol. The highest BCUT2D eigenvalue weighted by molar-refractivity contribution is 5.31. The van der Waals surface area contributed by atoms with Crippen LogP contribution in [0.3, 0.4) is 0 Å². The van der Waals surface area contributed by atoms with Gasteiger partial charge in [-0.3, -0.25) is 4.90 Å². The molecule has 0 aromatic heterocycles. The number of likely N-dealkylation sites (tertiary alicyclic amines) is 1. The molecule has 2 saturated heterocycles. The van der Waals surface area contributed by atoms with Gasteiger partial charge in [-0.25, -0.2) is 8.78 Å². The molecule has 0 spiro atoms. The maximum absolute atomic E-state index is 13.3. The maximum Gasteiger partial charge on any atom is 0.261 e. The molecule has 2 nitrogen and oxygen atoms in total. The lowest BCUT2D eigenvalue weighted by Gasteiger charge is -2.26. The van der Waals surface area contributed by atoms with Gasteiger partial charge >= 0.3 is 0 Å². The lowest BCUT2D eigenvalue weighted by Crippen LogP contribution is -2.28. The zero-order chi connectivity index (χ0) is 14.0. The average Bonchev–Trinajstić information content (AvgIpc) is 2.79. The standard InChI is InChI=1S/C16H22F2N2/c17-16(18)7-10-20(12-16)11-14-3-1-2-4-15(14)13-5-8-19-9-6-13/h1-4,13,19H,5-12H2. The fourth-order valence-electron chi connectivity index (χ4n) is 3.39. The Bertz CT molecular complexity index is 456. The van der Waals surface area contributed by atoms with Crippen LogP contribution in [-0.4, -0.2) is 37.0 Å². The third-order valence-corrected chi connectivity index (χ3v) is 4.48. The second kappa shape index (κ2) is 5.78. The fourth-order valence-corrected chi connectivity index (χ4v) is 3.39. The van der Waals surface area contributed by atoms with E-state index in [1.807, 2.05) is 11.0 Å². The highest BCUT2D eigenvalue weighted by atomic mass is 19.3. The van der Waals surface area contributed by atoms with E-state index in [0.717, 1.165) is 25.9 Å². The van der Waals surface area contributed by atoms with Crippen LogP contribution in [0.2, 0.25) is 0 Å². The topological polar surface area (TPSA) is 15.3 Å². The SMILES string of the molecule is FC1(F)CCN(Cc2ccccc2C2CCNCC2)C1. The van der Waals surface area contributed by atoms with E-state index >= 15 is 0 Å². The molecule has 0 radical (unpaired) electrons. The van der Waals surface area contributed by atoms with Crippen LogP contribution in [0.5, 0.6) is 0 Å². The summed E-state index contributed by atoms with van der Waals surface area (Å²) in [7, 11) is 0. The van der Waals surface area contributed by atoms with E-state index in [1.165, 1.54) is 11.1 Å². The van der Waals surface area contributed by atoms with Crippen LogP contribution in [0.4, 0.5) is 8.78 Å². The Hall–Kier alpha value is -1.00. The van der Waals surface area contributed by atoms with Crippen molar-refractivity contribution < 1.29 is 8.78 Å². The third-order valence-electron chi connectivity index (χ3n) is 4.48. The number of nitrogens with one attached hydrogen (secondary N) is 1. The average molecular weight is 280 g/mol. The lowest BCUT2D eigenvalue weighted by atomic mass is 9.87. The van der Waals surface area contributed by atoms with Crippen molar-refractivity contribution in [3.05, 3.63) is 35.4 Å². The Morgan fingerprint density at radius 3 is 2.65 bits per heavy atom. The maximum atomic E-state index is 13.3. The number of halogens is 2. The predicted octanol–water partition coefficient (Wildman–Crippen LogP) is 2.99. The van der Waals surface area contributed by atoms with Gasteiger partial charge in [-0.05, 0) is 43.0 Å². The summed E-state index contributed by atoms with van der Waals surface area (Å²) < 4.78 is 26.6. The van der Waals surface area contributed by atoms with E-state index in [-0.39, 0.29) is 13.0 Å². The predicted molar refractivity (Wildman–Crippen MR) is 76.1 cm³/mol. The Balaban J connectivity index is 1.73. The summed E-state index contributed by atoms with van der Waals surface area (Å²) in [6, 6.07) is 8.38. The number of rotatable bonds is 3. The van der Waals surface area contributed by atoms with Crippen molar-refractivity contribution in [3.8, 4) is 0 Å². The molecule has 0 bridgehead atoms. The van der Waals surface area contributed by atoms with Crippen molar-refractivity contribution in [2.75, 3.05) is 26.2 Å². The van der Waals surface area contributed by atoms with Gasteiger partial charge < -0.3 is 5.32 Å². The summed E-state index contributed by atoms with van der Waals surface area (Å²) in [4.78, 5) is 1.89. The van der Waals surface area contributed by atoms with Crippen molar-refractivity contribution in [3.63, 3.8) is 0 Å². The molecule has 2 aliphatic rings. The number of piperidine rings is 1. The van der Waals surface area contributed by atoms with Crippen LogP contribution in [0.25, 0.3) is 0 Å². The molecule has 0 amide bonds. The van der Waals surface area contributed by atoms with Crippen molar-refractivity contribution in [1.29, 1.82) is 0 Å². The number of alkyl halides is 2. The molecule has 1 N–H and O–H groups in total. The molecule has 2 aliphatic heterocycles. The summed E-state index contributed by atoms with van der Waals surface area (Å²) >= 11 is 0. The van der Waals surface area contributed by atoms with Crippen LogP contribution in [0.1, 0.15) is 36.3 Å². The van der Waals surface area contributed by atoms with Crippen LogP contribution in [0.15, 0.2) is 24.3 Å². The van der Waals surface area contributed by atoms with Crippen molar-refractivity contribution in [2.24, 2.45) is 0 Å². The molecule has 3 rings (SSSR count). The molecule has 1 aromatic carbocycles. The Morgan fingerprint density at radius 1 is 1.20 bits per heavy atom. The second-order valence-corrected chi connectivity index (χ2v) is 6.04. The van der Waals surface area contributed by atoms with Gasteiger partial charge in [-0.2, -0.15) is 0 Å². The molecule has 2 heterocycles. The minimum Gasteiger partial charge on any atom is -0.317 e. The molecule has 0 atom stereocenters. The second-order valence-electron chi connectivity index (χ2n) is 6.04. The Kier molecular flexibility index (Phi) is 4.03. The molecule has 4 heteroatoms. The van der Waals surface area contributed by atoms with Crippen molar-refractivity contribution in [2.45, 2.75) is 37.6 Å². The molecule has 110 valence electrons. The van der Waals surface area contributed by atoms with E-state index in [2.05, 4.69) is 23.5 Å². The number of hydrogen-bond donors (Lipinski definition) is 1. The Morgan fingerprint density at radius 2 is 1.95 bits per heavy atom. The first-order valence-electron chi connectivity index (χ1n) is 7.53. The first-order valence-corrected chi connectivity index (χ1v) is 7.53. The van der Waals surface area contributed by atoms with Crippen LogP contribution in [0, 0.1) is 0 Å². The number of benzene rings is 1. The quantitative estimate of drug-likeness (QED) is 0.915.